The standard InChI is InChI=1S/C16H15FN2/c1-11-3-4-12(2)16(7-11)19-10-14-8-13(9-18)5-6-15(14)17/h3-8,19H,10H2,1-2H3. The smallest absolute Gasteiger partial charge is 0.128 e. The quantitative estimate of drug-likeness (QED) is 0.900. The molecule has 0 aliphatic carbocycles. The van der Waals surface area contributed by atoms with Gasteiger partial charge in [-0.3, -0.25) is 0 Å². The number of benzene rings is 2. The summed E-state index contributed by atoms with van der Waals surface area (Å²) in [5, 5.41) is 12.0. The van der Waals surface area contributed by atoms with E-state index in [4.69, 9.17) is 5.26 Å². The number of nitrogens with zero attached hydrogens (tertiary/aromatic N) is 1. The minimum absolute atomic E-state index is 0.295. The monoisotopic (exact) mass is 254 g/mol. The number of nitrogens with one attached hydrogen (secondary N) is 1. The van der Waals surface area contributed by atoms with Gasteiger partial charge in [0.25, 0.3) is 0 Å². The van der Waals surface area contributed by atoms with Crippen LogP contribution < -0.4 is 5.32 Å². The highest BCUT2D eigenvalue weighted by Gasteiger charge is 2.05. The highest BCUT2D eigenvalue weighted by atomic mass is 19.1. The van der Waals surface area contributed by atoms with Gasteiger partial charge in [0.2, 0.25) is 0 Å². The van der Waals surface area contributed by atoms with Crippen LogP contribution in [0.3, 0.4) is 0 Å². The van der Waals surface area contributed by atoms with Crippen molar-refractivity contribution in [3.05, 3.63) is 64.5 Å². The molecule has 0 radical (unpaired) electrons. The fourth-order valence-corrected chi connectivity index (χ4v) is 1.90. The van der Waals surface area contributed by atoms with E-state index in [0.29, 0.717) is 17.7 Å². The van der Waals surface area contributed by atoms with Crippen LogP contribution in [-0.4, -0.2) is 0 Å². The molecule has 0 spiro atoms. The van der Waals surface area contributed by atoms with Crippen LogP contribution >= 0.6 is 0 Å². The van der Waals surface area contributed by atoms with E-state index in [2.05, 4.69) is 5.32 Å². The molecule has 0 aromatic heterocycles. The summed E-state index contributed by atoms with van der Waals surface area (Å²) in [5.74, 6) is -0.295. The first-order valence-electron chi connectivity index (χ1n) is 6.10. The third-order valence-electron chi connectivity index (χ3n) is 3.04. The highest BCUT2D eigenvalue weighted by molar-refractivity contribution is 5.53. The number of nitriles is 1. The molecule has 0 aliphatic heterocycles. The summed E-state index contributed by atoms with van der Waals surface area (Å²) in [5.41, 5.74) is 4.22. The molecule has 2 aromatic rings. The zero-order chi connectivity index (χ0) is 13.8. The Balaban J connectivity index is 2.19. The first-order chi connectivity index (χ1) is 9.10. The maximum absolute atomic E-state index is 13.6. The van der Waals surface area contributed by atoms with Crippen LogP contribution in [-0.2, 0) is 6.54 Å². The van der Waals surface area contributed by atoms with Crippen molar-refractivity contribution in [1.29, 1.82) is 5.26 Å². The molecule has 0 heterocycles. The predicted octanol–water partition coefficient (Wildman–Crippen LogP) is 3.93. The van der Waals surface area contributed by atoms with Crippen LogP contribution in [0, 0.1) is 31.0 Å². The number of hydrogen-bond donors (Lipinski definition) is 1. The first kappa shape index (κ1) is 13.1. The third kappa shape index (κ3) is 3.11. The Morgan fingerprint density at radius 2 is 1.95 bits per heavy atom. The molecule has 2 rings (SSSR count). The summed E-state index contributed by atoms with van der Waals surface area (Å²) < 4.78 is 13.6. The number of halogens is 1. The molecular weight excluding hydrogens is 239 g/mol. The fourth-order valence-electron chi connectivity index (χ4n) is 1.90. The summed E-state index contributed by atoms with van der Waals surface area (Å²) >= 11 is 0. The van der Waals surface area contributed by atoms with Gasteiger partial charge >= 0.3 is 0 Å². The fraction of sp³-hybridized carbons (Fsp3) is 0.188. The maximum Gasteiger partial charge on any atom is 0.128 e. The van der Waals surface area contributed by atoms with Crippen LogP contribution in [0.1, 0.15) is 22.3 Å². The lowest BCUT2D eigenvalue weighted by Crippen LogP contribution is -2.03. The van der Waals surface area contributed by atoms with Gasteiger partial charge in [-0.2, -0.15) is 5.26 Å². The summed E-state index contributed by atoms with van der Waals surface area (Å²) in [7, 11) is 0. The van der Waals surface area contributed by atoms with Gasteiger partial charge < -0.3 is 5.32 Å². The molecule has 0 saturated carbocycles. The van der Waals surface area contributed by atoms with Crippen molar-refractivity contribution in [2.45, 2.75) is 20.4 Å². The number of anilines is 1. The molecule has 2 nitrogen and oxygen atoms in total. The molecule has 0 amide bonds. The summed E-state index contributed by atoms with van der Waals surface area (Å²) in [6.45, 7) is 4.39. The lowest BCUT2D eigenvalue weighted by atomic mass is 10.1. The van der Waals surface area contributed by atoms with E-state index in [9.17, 15) is 4.39 Å². The van der Waals surface area contributed by atoms with E-state index in [0.717, 1.165) is 16.8 Å². The van der Waals surface area contributed by atoms with Crippen molar-refractivity contribution in [2.24, 2.45) is 0 Å². The van der Waals surface area contributed by atoms with Crippen LogP contribution in [0.4, 0.5) is 10.1 Å². The van der Waals surface area contributed by atoms with Crippen LogP contribution in [0.5, 0.6) is 0 Å². The second-order valence-electron chi connectivity index (χ2n) is 4.59. The Labute approximate surface area is 112 Å². The van der Waals surface area contributed by atoms with E-state index in [1.54, 1.807) is 6.07 Å². The Morgan fingerprint density at radius 3 is 2.68 bits per heavy atom. The molecule has 0 atom stereocenters. The molecule has 0 unspecified atom stereocenters. The molecule has 0 fully saturated rings. The molecule has 19 heavy (non-hydrogen) atoms. The van der Waals surface area contributed by atoms with Gasteiger partial charge in [-0.25, -0.2) is 4.39 Å². The Kier molecular flexibility index (Phi) is 3.82. The molecule has 0 aliphatic rings. The zero-order valence-electron chi connectivity index (χ0n) is 11.0. The lowest BCUT2D eigenvalue weighted by Gasteiger charge is -2.11. The van der Waals surface area contributed by atoms with E-state index >= 15 is 0 Å². The summed E-state index contributed by atoms with van der Waals surface area (Å²) in [6, 6.07) is 12.5. The van der Waals surface area contributed by atoms with Crippen molar-refractivity contribution >= 4 is 5.69 Å². The second kappa shape index (κ2) is 5.53. The average Bonchev–Trinajstić information content (AvgIpc) is 2.41. The normalized spacial score (nSPS) is 10.0. The highest BCUT2D eigenvalue weighted by Crippen LogP contribution is 2.18. The summed E-state index contributed by atoms with van der Waals surface area (Å²) in [6.07, 6.45) is 0. The number of aryl methyl sites for hydroxylation is 2. The Bertz CT molecular complexity index is 642. The van der Waals surface area contributed by atoms with Gasteiger partial charge in [0, 0.05) is 17.8 Å². The topological polar surface area (TPSA) is 35.8 Å². The van der Waals surface area contributed by atoms with Gasteiger partial charge in [0.05, 0.1) is 11.6 Å². The summed E-state index contributed by atoms with van der Waals surface area (Å²) in [4.78, 5) is 0. The molecule has 0 saturated heterocycles. The van der Waals surface area contributed by atoms with Gasteiger partial charge in [-0.15, -0.1) is 0 Å². The van der Waals surface area contributed by atoms with Gasteiger partial charge in [-0.05, 0) is 49.2 Å². The van der Waals surface area contributed by atoms with Crippen molar-refractivity contribution in [3.8, 4) is 6.07 Å². The average molecular weight is 254 g/mol. The van der Waals surface area contributed by atoms with Gasteiger partial charge in [0.1, 0.15) is 5.82 Å². The van der Waals surface area contributed by atoms with E-state index in [1.807, 2.05) is 38.1 Å². The van der Waals surface area contributed by atoms with Crippen molar-refractivity contribution in [3.63, 3.8) is 0 Å². The second-order valence-corrected chi connectivity index (χ2v) is 4.59. The van der Waals surface area contributed by atoms with E-state index in [1.165, 1.54) is 12.1 Å². The zero-order valence-corrected chi connectivity index (χ0v) is 11.0. The third-order valence-corrected chi connectivity index (χ3v) is 3.04. The number of hydrogen-bond acceptors (Lipinski definition) is 2. The van der Waals surface area contributed by atoms with Crippen molar-refractivity contribution < 1.29 is 4.39 Å². The van der Waals surface area contributed by atoms with Gasteiger partial charge in [-0.1, -0.05) is 12.1 Å². The van der Waals surface area contributed by atoms with Gasteiger partial charge in [0.15, 0.2) is 0 Å². The molecule has 0 bridgehead atoms. The molecule has 1 N–H and O–H groups in total. The van der Waals surface area contributed by atoms with Crippen LogP contribution in [0.25, 0.3) is 0 Å². The SMILES string of the molecule is Cc1ccc(C)c(NCc2cc(C#N)ccc2F)c1. The lowest BCUT2D eigenvalue weighted by molar-refractivity contribution is 0.612. The minimum Gasteiger partial charge on any atom is -0.381 e. The van der Waals surface area contributed by atoms with Crippen LogP contribution in [0.15, 0.2) is 36.4 Å². The molecule has 96 valence electrons. The van der Waals surface area contributed by atoms with Crippen LogP contribution in [0.2, 0.25) is 0 Å². The first-order valence-corrected chi connectivity index (χ1v) is 6.10. The Hall–Kier alpha value is -2.34. The number of rotatable bonds is 3. The van der Waals surface area contributed by atoms with E-state index in [-0.39, 0.29) is 5.82 Å². The maximum atomic E-state index is 13.6. The van der Waals surface area contributed by atoms with Crippen molar-refractivity contribution in [2.75, 3.05) is 5.32 Å². The molecule has 2 aromatic carbocycles. The Morgan fingerprint density at radius 1 is 1.16 bits per heavy atom. The minimum atomic E-state index is -0.295. The van der Waals surface area contributed by atoms with Crippen molar-refractivity contribution in [1.82, 2.24) is 0 Å². The largest absolute Gasteiger partial charge is 0.381 e. The molecular formula is C16H15FN2. The predicted molar refractivity (Wildman–Crippen MR) is 74.4 cm³/mol. The molecule has 3 heteroatoms. The van der Waals surface area contributed by atoms with E-state index < -0.39 is 0 Å².